The molecule has 6 heteroatoms. The maximum Gasteiger partial charge on any atom is 0.258 e. The van der Waals surface area contributed by atoms with E-state index in [1.165, 1.54) is 29.3 Å². The minimum atomic E-state index is -0.160. The van der Waals surface area contributed by atoms with Crippen molar-refractivity contribution in [3.63, 3.8) is 0 Å². The molecule has 3 aromatic carbocycles. The Morgan fingerprint density at radius 3 is 2.45 bits per heavy atom. The summed E-state index contributed by atoms with van der Waals surface area (Å²) in [7, 11) is 0. The number of hydrogen-bond donors (Lipinski definition) is 1. The van der Waals surface area contributed by atoms with Gasteiger partial charge in [0.25, 0.3) is 5.56 Å². The summed E-state index contributed by atoms with van der Waals surface area (Å²) >= 11 is 1.35. The van der Waals surface area contributed by atoms with Gasteiger partial charge in [0.2, 0.25) is 5.91 Å². The molecule has 40 heavy (non-hydrogen) atoms. The van der Waals surface area contributed by atoms with Gasteiger partial charge in [0.1, 0.15) is 0 Å². The number of thioether (sulfide) groups is 1. The van der Waals surface area contributed by atoms with E-state index in [2.05, 4.69) is 35.6 Å². The van der Waals surface area contributed by atoms with Crippen LogP contribution in [0.25, 0.3) is 11.3 Å². The first-order valence-corrected chi connectivity index (χ1v) is 15.3. The summed E-state index contributed by atoms with van der Waals surface area (Å²) in [4.78, 5) is 32.7. The number of amides is 1. The lowest BCUT2D eigenvalue weighted by Gasteiger charge is -2.42. The molecule has 0 aliphatic heterocycles. The number of benzene rings is 3. The van der Waals surface area contributed by atoms with Crippen molar-refractivity contribution >= 4 is 23.4 Å². The Labute approximate surface area is 240 Å². The highest BCUT2D eigenvalue weighted by molar-refractivity contribution is 7.99. The molecule has 1 saturated carbocycles. The fourth-order valence-corrected chi connectivity index (χ4v) is 7.20. The highest BCUT2D eigenvalue weighted by atomic mass is 32.2. The number of aromatic nitrogens is 2. The van der Waals surface area contributed by atoms with Gasteiger partial charge >= 0.3 is 0 Å². The molecule has 6 rings (SSSR count). The molecule has 2 aliphatic carbocycles. The van der Waals surface area contributed by atoms with Crippen LogP contribution in [0.2, 0.25) is 0 Å². The third kappa shape index (κ3) is 5.37. The van der Waals surface area contributed by atoms with Gasteiger partial charge in [0, 0.05) is 23.2 Å². The van der Waals surface area contributed by atoms with Gasteiger partial charge in [-0.2, -0.15) is 0 Å². The summed E-state index contributed by atoms with van der Waals surface area (Å²) in [5.74, 6) is 0.0663. The maximum atomic E-state index is 14.5. The van der Waals surface area contributed by atoms with Crippen LogP contribution in [0.15, 0.2) is 88.8 Å². The Kier molecular flexibility index (Phi) is 7.61. The minimum Gasteiger partial charge on any atom is -0.325 e. The Bertz CT molecular complexity index is 1570. The molecule has 1 aromatic heterocycles. The molecular formula is C34H35N3O2S. The quantitative estimate of drug-likeness (QED) is 0.200. The van der Waals surface area contributed by atoms with E-state index < -0.39 is 0 Å². The van der Waals surface area contributed by atoms with Gasteiger partial charge in [-0.25, -0.2) is 4.98 Å². The standard InChI is InChI=1S/C34H35N3O2S/c1-24-14-16-27(17-15-24)35-29(38)23-40-33-36-31-28-13-7-6-12-26(28)22-34(19-8-3-9-20-34)30(31)32(39)37(33)21-18-25-10-4-2-5-11-25/h2,4-7,10-17H,3,8-9,18-23H2,1H3,(H,35,38). The molecule has 2 aliphatic rings. The zero-order valence-electron chi connectivity index (χ0n) is 23.0. The van der Waals surface area contributed by atoms with Gasteiger partial charge in [0.05, 0.1) is 17.0 Å². The van der Waals surface area contributed by atoms with E-state index in [0.29, 0.717) is 11.7 Å². The van der Waals surface area contributed by atoms with Crippen LogP contribution in [0.5, 0.6) is 0 Å². The molecule has 4 aromatic rings. The fraction of sp³-hybridized carbons (Fsp3) is 0.324. The molecule has 1 amide bonds. The van der Waals surface area contributed by atoms with Gasteiger partial charge in [-0.15, -0.1) is 0 Å². The first kappa shape index (κ1) is 26.6. The molecule has 1 N–H and O–H groups in total. The lowest BCUT2D eigenvalue weighted by atomic mass is 9.62. The van der Waals surface area contributed by atoms with Crippen molar-refractivity contribution in [2.45, 2.75) is 69.0 Å². The van der Waals surface area contributed by atoms with Gasteiger partial charge < -0.3 is 5.32 Å². The Balaban J connectivity index is 1.39. The monoisotopic (exact) mass is 549 g/mol. The molecule has 204 valence electrons. The first-order valence-electron chi connectivity index (χ1n) is 14.3. The summed E-state index contributed by atoms with van der Waals surface area (Å²) in [6.07, 6.45) is 7.18. The van der Waals surface area contributed by atoms with Crippen molar-refractivity contribution in [2.75, 3.05) is 11.1 Å². The maximum absolute atomic E-state index is 14.5. The highest BCUT2D eigenvalue weighted by Crippen LogP contribution is 2.48. The van der Waals surface area contributed by atoms with E-state index >= 15 is 0 Å². The number of nitrogens with one attached hydrogen (secondary N) is 1. The number of anilines is 1. The van der Waals surface area contributed by atoms with Crippen LogP contribution in [-0.4, -0.2) is 21.2 Å². The average Bonchev–Trinajstić information content (AvgIpc) is 2.97. The molecule has 0 unspecified atom stereocenters. The van der Waals surface area contributed by atoms with E-state index in [0.717, 1.165) is 66.6 Å². The molecule has 1 heterocycles. The predicted octanol–water partition coefficient (Wildman–Crippen LogP) is 6.95. The minimum absolute atomic E-state index is 0.0683. The van der Waals surface area contributed by atoms with Crippen molar-refractivity contribution in [2.24, 2.45) is 0 Å². The first-order chi connectivity index (χ1) is 19.5. The van der Waals surface area contributed by atoms with E-state index in [1.54, 1.807) is 0 Å². The Morgan fingerprint density at radius 2 is 1.68 bits per heavy atom. The molecule has 1 fully saturated rings. The summed E-state index contributed by atoms with van der Waals surface area (Å²) < 4.78 is 1.85. The number of fused-ring (bicyclic) bond motifs is 4. The third-order valence-corrected chi connectivity index (χ3v) is 9.39. The number of aryl methyl sites for hydroxylation is 2. The molecular weight excluding hydrogens is 514 g/mol. The van der Waals surface area contributed by atoms with E-state index in [1.807, 2.05) is 60.0 Å². The van der Waals surface area contributed by atoms with Gasteiger partial charge in [-0.05, 0) is 55.9 Å². The van der Waals surface area contributed by atoms with Crippen LogP contribution >= 0.6 is 11.8 Å². The second-order valence-electron chi connectivity index (χ2n) is 11.2. The molecule has 0 saturated heterocycles. The summed E-state index contributed by atoms with van der Waals surface area (Å²) in [5.41, 5.74) is 7.06. The van der Waals surface area contributed by atoms with Crippen molar-refractivity contribution in [1.82, 2.24) is 9.55 Å². The van der Waals surface area contributed by atoms with Crippen LogP contribution < -0.4 is 10.9 Å². The number of carbonyl (C=O) groups excluding carboxylic acids is 1. The molecule has 1 spiro atoms. The van der Waals surface area contributed by atoms with Crippen molar-refractivity contribution in [3.8, 4) is 11.3 Å². The number of hydrogen-bond acceptors (Lipinski definition) is 4. The molecule has 0 atom stereocenters. The lowest BCUT2D eigenvalue weighted by molar-refractivity contribution is -0.113. The Morgan fingerprint density at radius 1 is 0.950 bits per heavy atom. The zero-order valence-corrected chi connectivity index (χ0v) is 23.8. The zero-order chi connectivity index (χ0) is 27.5. The molecule has 5 nitrogen and oxygen atoms in total. The van der Waals surface area contributed by atoms with Crippen molar-refractivity contribution < 1.29 is 4.79 Å². The largest absolute Gasteiger partial charge is 0.325 e. The smallest absolute Gasteiger partial charge is 0.258 e. The molecule has 0 bridgehead atoms. The summed E-state index contributed by atoms with van der Waals surface area (Å²) in [6.45, 7) is 2.55. The number of rotatable bonds is 7. The van der Waals surface area contributed by atoms with E-state index in [-0.39, 0.29) is 22.6 Å². The summed E-state index contributed by atoms with van der Waals surface area (Å²) in [6, 6.07) is 26.5. The van der Waals surface area contributed by atoms with Gasteiger partial charge in [-0.3, -0.25) is 14.2 Å². The van der Waals surface area contributed by atoms with Crippen LogP contribution in [0.1, 0.15) is 54.4 Å². The summed E-state index contributed by atoms with van der Waals surface area (Å²) in [5, 5.41) is 3.59. The SMILES string of the molecule is Cc1ccc(NC(=O)CSc2nc3c(c(=O)n2CCc2ccccc2)C2(CCCCC2)Cc2ccccc2-3)cc1. The van der Waals surface area contributed by atoms with E-state index in [9.17, 15) is 9.59 Å². The van der Waals surface area contributed by atoms with Crippen LogP contribution in [0.4, 0.5) is 5.69 Å². The third-order valence-electron chi connectivity index (χ3n) is 8.41. The molecule has 0 radical (unpaired) electrons. The topological polar surface area (TPSA) is 64.0 Å². The second-order valence-corrected chi connectivity index (χ2v) is 12.1. The fourth-order valence-electron chi connectivity index (χ4n) is 6.38. The normalized spacial score (nSPS) is 15.3. The Hall–Kier alpha value is -3.64. The van der Waals surface area contributed by atoms with Crippen molar-refractivity contribution in [1.29, 1.82) is 0 Å². The van der Waals surface area contributed by atoms with Crippen LogP contribution in [-0.2, 0) is 29.6 Å². The lowest BCUT2D eigenvalue weighted by Crippen LogP contribution is -2.43. The number of nitrogens with zero attached hydrogens (tertiary/aromatic N) is 2. The number of carbonyl (C=O) groups is 1. The van der Waals surface area contributed by atoms with Gasteiger partial charge in [-0.1, -0.05) is 103 Å². The highest BCUT2D eigenvalue weighted by Gasteiger charge is 2.43. The van der Waals surface area contributed by atoms with Crippen molar-refractivity contribution in [3.05, 3.63) is 111 Å². The average molecular weight is 550 g/mol. The predicted molar refractivity (Wildman–Crippen MR) is 163 cm³/mol. The van der Waals surface area contributed by atoms with Crippen LogP contribution in [0, 0.1) is 6.92 Å². The second kappa shape index (κ2) is 11.5. The van der Waals surface area contributed by atoms with E-state index in [4.69, 9.17) is 4.98 Å². The van der Waals surface area contributed by atoms with Crippen LogP contribution in [0.3, 0.4) is 0 Å². The van der Waals surface area contributed by atoms with Gasteiger partial charge in [0.15, 0.2) is 5.16 Å².